The molecule has 0 aromatic rings. The minimum atomic E-state index is 0.448. The molecular weight excluding hydrogens is 342 g/mol. The lowest BCUT2D eigenvalue weighted by atomic mass is 10.0. The quantitative estimate of drug-likeness (QED) is 0.202. The summed E-state index contributed by atoms with van der Waals surface area (Å²) in [7, 11) is 0. The first-order valence-corrected chi connectivity index (χ1v) is 13.1. The Balaban J connectivity index is 2.22. The van der Waals surface area contributed by atoms with Crippen molar-refractivity contribution in [3.05, 3.63) is 0 Å². The lowest BCUT2D eigenvalue weighted by Gasteiger charge is -2.23. The molecule has 0 aromatic heterocycles. The van der Waals surface area contributed by atoms with Crippen molar-refractivity contribution >= 4 is 5.91 Å². The van der Waals surface area contributed by atoms with E-state index in [4.69, 9.17) is 0 Å². The fourth-order valence-corrected chi connectivity index (χ4v) is 4.67. The van der Waals surface area contributed by atoms with Crippen LogP contribution in [0, 0.1) is 5.92 Å². The Morgan fingerprint density at radius 2 is 1.11 bits per heavy atom. The zero-order valence-electron chi connectivity index (χ0n) is 19.5. The normalized spacial score (nSPS) is 14.6. The molecule has 0 radical (unpaired) electrons. The predicted octanol–water partition coefficient (Wildman–Crippen LogP) is 8.29. The van der Waals surface area contributed by atoms with Crippen molar-refractivity contribution in [1.82, 2.24) is 4.90 Å². The van der Waals surface area contributed by atoms with Crippen LogP contribution in [-0.2, 0) is 4.79 Å². The van der Waals surface area contributed by atoms with Gasteiger partial charge in [0.1, 0.15) is 0 Å². The van der Waals surface area contributed by atoms with Gasteiger partial charge in [-0.15, -0.1) is 0 Å². The number of hydrogen-bond acceptors (Lipinski definition) is 1. The second-order valence-corrected chi connectivity index (χ2v) is 9.31. The molecular formula is C26H51NO. The van der Waals surface area contributed by atoms with Crippen LogP contribution in [0.3, 0.4) is 0 Å². The smallest absolute Gasteiger partial charge is 0.222 e. The van der Waals surface area contributed by atoms with Crippen LogP contribution in [0.2, 0.25) is 0 Å². The van der Waals surface area contributed by atoms with Gasteiger partial charge in [0.2, 0.25) is 5.91 Å². The SMILES string of the molecule is CCCCCCCCCN(CCCCCCCCC)C(=O)CCC1CCCC1. The highest BCUT2D eigenvalue weighted by Crippen LogP contribution is 2.28. The van der Waals surface area contributed by atoms with Crippen LogP contribution in [0.1, 0.15) is 142 Å². The molecule has 0 saturated heterocycles. The van der Waals surface area contributed by atoms with Gasteiger partial charge in [0.25, 0.3) is 0 Å². The van der Waals surface area contributed by atoms with Crippen LogP contribution < -0.4 is 0 Å². The Morgan fingerprint density at radius 1 is 0.679 bits per heavy atom. The first-order chi connectivity index (χ1) is 13.8. The summed E-state index contributed by atoms with van der Waals surface area (Å²) in [6.07, 6.45) is 26.1. The fraction of sp³-hybridized carbons (Fsp3) is 0.962. The van der Waals surface area contributed by atoms with Crippen molar-refractivity contribution in [2.75, 3.05) is 13.1 Å². The average Bonchev–Trinajstić information content (AvgIpc) is 3.22. The number of rotatable bonds is 19. The molecule has 0 aliphatic heterocycles. The maximum absolute atomic E-state index is 12.8. The Bertz CT molecular complexity index is 330. The molecule has 1 fully saturated rings. The Morgan fingerprint density at radius 3 is 1.57 bits per heavy atom. The minimum absolute atomic E-state index is 0.448. The van der Waals surface area contributed by atoms with Gasteiger partial charge in [-0.1, -0.05) is 117 Å². The molecule has 0 N–H and O–H groups in total. The van der Waals surface area contributed by atoms with Crippen molar-refractivity contribution in [3.63, 3.8) is 0 Å². The van der Waals surface area contributed by atoms with E-state index in [2.05, 4.69) is 18.7 Å². The second-order valence-electron chi connectivity index (χ2n) is 9.31. The highest BCUT2D eigenvalue weighted by Gasteiger charge is 2.18. The van der Waals surface area contributed by atoms with E-state index in [9.17, 15) is 4.79 Å². The molecule has 0 aromatic carbocycles. The van der Waals surface area contributed by atoms with E-state index in [-0.39, 0.29) is 0 Å². The third kappa shape index (κ3) is 13.6. The standard InChI is InChI=1S/C26H51NO/c1-3-5-7-9-11-13-17-23-27(24-18-14-12-10-8-6-4-2)26(28)22-21-25-19-15-16-20-25/h25H,3-24H2,1-2H3. The third-order valence-electron chi connectivity index (χ3n) is 6.66. The average molecular weight is 394 g/mol. The van der Waals surface area contributed by atoms with Gasteiger partial charge in [0.05, 0.1) is 0 Å². The molecule has 166 valence electrons. The zero-order chi connectivity index (χ0) is 20.3. The van der Waals surface area contributed by atoms with Crippen LogP contribution >= 0.6 is 0 Å². The molecule has 1 saturated carbocycles. The van der Waals surface area contributed by atoms with E-state index in [1.54, 1.807) is 0 Å². The van der Waals surface area contributed by atoms with Crippen molar-refractivity contribution in [1.29, 1.82) is 0 Å². The monoisotopic (exact) mass is 393 g/mol. The third-order valence-corrected chi connectivity index (χ3v) is 6.66. The summed E-state index contributed by atoms with van der Waals surface area (Å²) >= 11 is 0. The molecule has 2 heteroatoms. The van der Waals surface area contributed by atoms with Crippen LogP contribution in [0.5, 0.6) is 0 Å². The molecule has 28 heavy (non-hydrogen) atoms. The van der Waals surface area contributed by atoms with Gasteiger partial charge in [0, 0.05) is 19.5 Å². The molecule has 0 atom stereocenters. The van der Waals surface area contributed by atoms with Gasteiger partial charge >= 0.3 is 0 Å². The minimum Gasteiger partial charge on any atom is -0.343 e. The van der Waals surface area contributed by atoms with Crippen LogP contribution in [0.15, 0.2) is 0 Å². The first kappa shape index (κ1) is 25.5. The maximum Gasteiger partial charge on any atom is 0.222 e. The molecule has 2 nitrogen and oxygen atoms in total. The zero-order valence-corrected chi connectivity index (χ0v) is 19.5. The molecule has 1 aliphatic carbocycles. The topological polar surface area (TPSA) is 20.3 Å². The number of nitrogens with zero attached hydrogens (tertiary/aromatic N) is 1. The Labute approximate surface area is 177 Å². The van der Waals surface area contributed by atoms with Crippen molar-refractivity contribution in [2.45, 2.75) is 142 Å². The van der Waals surface area contributed by atoms with E-state index in [1.165, 1.54) is 116 Å². The summed E-state index contributed by atoms with van der Waals surface area (Å²) < 4.78 is 0. The van der Waals surface area contributed by atoms with Gasteiger partial charge in [-0.3, -0.25) is 4.79 Å². The molecule has 0 heterocycles. The summed E-state index contributed by atoms with van der Waals surface area (Å²) in [4.78, 5) is 15.1. The van der Waals surface area contributed by atoms with Gasteiger partial charge < -0.3 is 4.90 Å². The van der Waals surface area contributed by atoms with Crippen LogP contribution in [0.4, 0.5) is 0 Å². The highest BCUT2D eigenvalue weighted by molar-refractivity contribution is 5.76. The number of amides is 1. The summed E-state index contributed by atoms with van der Waals surface area (Å²) in [5, 5.41) is 0. The highest BCUT2D eigenvalue weighted by atomic mass is 16.2. The number of carbonyl (C=O) groups excluding carboxylic acids is 1. The Kier molecular flexibility index (Phi) is 16.8. The second kappa shape index (κ2) is 18.5. The summed E-state index contributed by atoms with van der Waals surface area (Å²) in [6, 6.07) is 0. The van der Waals surface area contributed by atoms with E-state index < -0.39 is 0 Å². The number of carbonyl (C=O) groups is 1. The van der Waals surface area contributed by atoms with Crippen molar-refractivity contribution in [3.8, 4) is 0 Å². The van der Waals surface area contributed by atoms with E-state index in [1.807, 2.05) is 0 Å². The van der Waals surface area contributed by atoms with Crippen molar-refractivity contribution < 1.29 is 4.79 Å². The van der Waals surface area contributed by atoms with E-state index in [0.29, 0.717) is 5.91 Å². The van der Waals surface area contributed by atoms with Gasteiger partial charge in [0.15, 0.2) is 0 Å². The Hall–Kier alpha value is -0.530. The molecule has 1 amide bonds. The number of unbranched alkanes of at least 4 members (excludes halogenated alkanes) is 12. The van der Waals surface area contributed by atoms with E-state index >= 15 is 0 Å². The van der Waals surface area contributed by atoms with Gasteiger partial charge in [-0.05, 0) is 25.2 Å². The molecule has 0 spiro atoms. The molecule has 1 rings (SSSR count). The predicted molar refractivity (Wildman–Crippen MR) is 124 cm³/mol. The van der Waals surface area contributed by atoms with Gasteiger partial charge in [-0.2, -0.15) is 0 Å². The first-order valence-electron chi connectivity index (χ1n) is 13.1. The molecule has 0 unspecified atom stereocenters. The molecule has 0 bridgehead atoms. The summed E-state index contributed by atoms with van der Waals surface area (Å²) in [5.41, 5.74) is 0. The largest absolute Gasteiger partial charge is 0.343 e. The lowest BCUT2D eigenvalue weighted by Crippen LogP contribution is -2.33. The lowest BCUT2D eigenvalue weighted by molar-refractivity contribution is -0.131. The summed E-state index contributed by atoms with van der Waals surface area (Å²) in [6.45, 7) is 6.57. The van der Waals surface area contributed by atoms with Crippen molar-refractivity contribution in [2.24, 2.45) is 5.92 Å². The van der Waals surface area contributed by atoms with Gasteiger partial charge in [-0.25, -0.2) is 0 Å². The fourth-order valence-electron chi connectivity index (χ4n) is 4.67. The van der Waals surface area contributed by atoms with E-state index in [0.717, 1.165) is 31.8 Å². The molecule has 1 aliphatic rings. The van der Waals surface area contributed by atoms with Crippen LogP contribution in [-0.4, -0.2) is 23.9 Å². The van der Waals surface area contributed by atoms with Crippen LogP contribution in [0.25, 0.3) is 0 Å². The number of hydrogen-bond donors (Lipinski definition) is 0. The summed E-state index contributed by atoms with van der Waals surface area (Å²) in [5.74, 6) is 1.28. The maximum atomic E-state index is 12.8.